The van der Waals surface area contributed by atoms with Crippen molar-refractivity contribution in [1.82, 2.24) is 5.32 Å². The van der Waals surface area contributed by atoms with E-state index in [0.29, 0.717) is 19.4 Å². The molecule has 61 heavy (non-hydrogen) atoms. The second kappa shape index (κ2) is 41.1. The second-order valence-corrected chi connectivity index (χ2v) is 17.9. The van der Waals surface area contributed by atoms with E-state index in [1.807, 2.05) is 6.08 Å². The average Bonchev–Trinajstić information content (AvgIpc) is 3.25. The lowest BCUT2D eigenvalue weighted by atomic mass is 9.99. The first kappa shape index (κ1) is 57.4. The quantitative estimate of drug-likeness (QED) is 0.0197. The zero-order valence-electron chi connectivity index (χ0n) is 39.1. The summed E-state index contributed by atoms with van der Waals surface area (Å²) in [7, 11) is 0. The number of carbonyl (C=O) groups is 2. The number of esters is 1. The van der Waals surface area contributed by atoms with Crippen LogP contribution in [-0.4, -0.2) is 100 Å². The molecule has 0 aromatic carbocycles. The van der Waals surface area contributed by atoms with Crippen molar-refractivity contribution >= 4 is 11.9 Å². The highest BCUT2D eigenvalue weighted by Crippen LogP contribution is 2.23. The number of allylic oxidation sites excluding steroid dienone is 1. The van der Waals surface area contributed by atoms with E-state index in [2.05, 4.69) is 19.2 Å². The van der Waals surface area contributed by atoms with Crippen molar-refractivity contribution < 1.29 is 49.3 Å². The lowest BCUT2D eigenvalue weighted by molar-refractivity contribution is -0.302. The highest BCUT2D eigenvalue weighted by Gasteiger charge is 2.44. The molecule has 1 aliphatic rings. The molecule has 11 nitrogen and oxygen atoms in total. The predicted molar refractivity (Wildman–Crippen MR) is 246 cm³/mol. The molecular formula is C50H95NO10. The molecule has 7 atom stereocenters. The fourth-order valence-corrected chi connectivity index (χ4v) is 8.02. The molecule has 1 saturated heterocycles. The Kier molecular flexibility index (Phi) is 38.7. The van der Waals surface area contributed by atoms with E-state index in [-0.39, 0.29) is 18.5 Å². The average molecular weight is 870 g/mol. The minimum absolute atomic E-state index is 0.0385. The van der Waals surface area contributed by atoms with Gasteiger partial charge < -0.3 is 45.1 Å². The molecule has 0 aliphatic carbocycles. The topological polar surface area (TPSA) is 175 Å². The molecule has 11 heteroatoms. The van der Waals surface area contributed by atoms with Gasteiger partial charge in [0.2, 0.25) is 5.91 Å². The first-order valence-corrected chi connectivity index (χ1v) is 25.5. The van der Waals surface area contributed by atoms with Crippen LogP contribution in [0.3, 0.4) is 0 Å². The Hall–Kier alpha value is -1.60. The number of hydrogen-bond acceptors (Lipinski definition) is 10. The third kappa shape index (κ3) is 31.8. The van der Waals surface area contributed by atoms with E-state index in [1.54, 1.807) is 6.08 Å². The van der Waals surface area contributed by atoms with E-state index in [9.17, 15) is 35.1 Å². The van der Waals surface area contributed by atoms with Crippen LogP contribution in [0.2, 0.25) is 0 Å². The maximum Gasteiger partial charge on any atom is 0.305 e. The van der Waals surface area contributed by atoms with Gasteiger partial charge in [-0.1, -0.05) is 199 Å². The summed E-state index contributed by atoms with van der Waals surface area (Å²) < 4.78 is 16.6. The Morgan fingerprint density at radius 1 is 0.590 bits per heavy atom. The smallest absolute Gasteiger partial charge is 0.305 e. The number of carbonyl (C=O) groups excluding carboxylic acids is 2. The SMILES string of the molecule is CCCCCCCCC/C=C/C(O)C(COC1OC(CO)C(O)C(O)C1O)NC(=O)CCCCCCCCCCCCCOC(=O)CCCCCCCCCCCCCCC. The summed E-state index contributed by atoms with van der Waals surface area (Å²) in [5, 5.41) is 54.0. The number of ether oxygens (including phenoxy) is 3. The Morgan fingerprint density at radius 3 is 1.52 bits per heavy atom. The Bertz CT molecular complexity index is 1030. The van der Waals surface area contributed by atoms with Crippen LogP contribution in [-0.2, 0) is 23.8 Å². The molecule has 7 unspecified atom stereocenters. The third-order valence-electron chi connectivity index (χ3n) is 12.2. The molecule has 1 fully saturated rings. The van der Waals surface area contributed by atoms with Crippen LogP contribution in [0.15, 0.2) is 12.2 Å². The molecule has 0 radical (unpaired) electrons. The highest BCUT2D eigenvalue weighted by atomic mass is 16.7. The zero-order chi connectivity index (χ0) is 44.6. The summed E-state index contributed by atoms with van der Waals surface area (Å²) in [6.07, 6.45) is 34.3. The van der Waals surface area contributed by atoms with Crippen LogP contribution in [0.25, 0.3) is 0 Å². The Morgan fingerprint density at radius 2 is 1.03 bits per heavy atom. The lowest BCUT2D eigenvalue weighted by Gasteiger charge is -2.40. The van der Waals surface area contributed by atoms with Crippen LogP contribution < -0.4 is 5.32 Å². The van der Waals surface area contributed by atoms with Gasteiger partial charge in [0.15, 0.2) is 6.29 Å². The number of unbranched alkanes of at least 4 members (excludes halogenated alkanes) is 29. The largest absolute Gasteiger partial charge is 0.466 e. The van der Waals surface area contributed by atoms with Crippen LogP contribution in [0.5, 0.6) is 0 Å². The summed E-state index contributed by atoms with van der Waals surface area (Å²) in [5.74, 6) is -0.241. The van der Waals surface area contributed by atoms with Crippen molar-refractivity contribution in [2.24, 2.45) is 0 Å². The fraction of sp³-hybridized carbons (Fsp3) is 0.920. The fourth-order valence-electron chi connectivity index (χ4n) is 8.02. The molecule has 360 valence electrons. The first-order chi connectivity index (χ1) is 29.7. The molecule has 1 aliphatic heterocycles. The van der Waals surface area contributed by atoms with Gasteiger partial charge in [-0.05, 0) is 32.1 Å². The number of aliphatic hydroxyl groups excluding tert-OH is 5. The summed E-state index contributed by atoms with van der Waals surface area (Å²) in [4.78, 5) is 25.0. The number of rotatable bonds is 43. The molecule has 1 amide bonds. The summed E-state index contributed by atoms with van der Waals surface area (Å²) in [6, 6.07) is -0.820. The van der Waals surface area contributed by atoms with Gasteiger partial charge in [0, 0.05) is 12.8 Å². The standard InChI is InChI=1S/C50H95NO10/c1-3-5-7-9-11-13-14-15-18-22-26-30-34-38-46(55)59-39-35-31-27-23-19-16-17-21-25-29-33-37-45(54)51-42(43(53)36-32-28-24-20-12-10-8-6-4-2)41-60-50-49(58)48(57)47(56)44(40-52)61-50/h32,36,42-44,47-50,52-53,56-58H,3-31,33-35,37-41H2,1-2H3,(H,51,54)/b36-32+. The predicted octanol–water partition coefficient (Wildman–Crippen LogP) is 10.1. The molecular weight excluding hydrogens is 775 g/mol. The van der Waals surface area contributed by atoms with E-state index < -0.39 is 49.5 Å². The van der Waals surface area contributed by atoms with Gasteiger partial charge in [-0.2, -0.15) is 0 Å². The monoisotopic (exact) mass is 870 g/mol. The first-order valence-electron chi connectivity index (χ1n) is 25.5. The molecule has 0 saturated carbocycles. The van der Waals surface area contributed by atoms with E-state index >= 15 is 0 Å². The highest BCUT2D eigenvalue weighted by molar-refractivity contribution is 5.76. The molecule has 0 spiro atoms. The molecule has 6 N–H and O–H groups in total. The van der Waals surface area contributed by atoms with Gasteiger partial charge in [-0.3, -0.25) is 9.59 Å². The van der Waals surface area contributed by atoms with E-state index in [1.165, 1.54) is 135 Å². The van der Waals surface area contributed by atoms with Crippen LogP contribution in [0.4, 0.5) is 0 Å². The van der Waals surface area contributed by atoms with Gasteiger partial charge >= 0.3 is 5.97 Å². The third-order valence-corrected chi connectivity index (χ3v) is 12.2. The van der Waals surface area contributed by atoms with E-state index in [4.69, 9.17) is 14.2 Å². The normalized spacial score (nSPS) is 20.3. The van der Waals surface area contributed by atoms with Gasteiger partial charge in [0.05, 0.1) is 32.0 Å². The number of aliphatic hydroxyl groups is 5. The number of nitrogens with one attached hydrogen (secondary N) is 1. The molecule has 0 aromatic heterocycles. The molecule has 1 rings (SSSR count). The second-order valence-electron chi connectivity index (χ2n) is 17.9. The van der Waals surface area contributed by atoms with E-state index in [0.717, 1.165) is 70.6 Å². The summed E-state index contributed by atoms with van der Waals surface area (Å²) >= 11 is 0. The minimum Gasteiger partial charge on any atom is -0.466 e. The van der Waals surface area contributed by atoms with Gasteiger partial charge in [0.1, 0.15) is 24.4 Å². The van der Waals surface area contributed by atoms with Crippen molar-refractivity contribution in [3.8, 4) is 0 Å². The number of amides is 1. The molecule has 0 bridgehead atoms. The van der Waals surface area contributed by atoms with Crippen LogP contribution in [0, 0.1) is 0 Å². The minimum atomic E-state index is -1.58. The maximum absolute atomic E-state index is 12.9. The Labute approximate surface area is 372 Å². The van der Waals surface area contributed by atoms with Crippen molar-refractivity contribution in [3.05, 3.63) is 12.2 Å². The van der Waals surface area contributed by atoms with Crippen LogP contribution >= 0.6 is 0 Å². The van der Waals surface area contributed by atoms with Crippen molar-refractivity contribution in [2.75, 3.05) is 19.8 Å². The summed E-state index contributed by atoms with van der Waals surface area (Å²) in [5.41, 5.74) is 0. The molecule has 1 heterocycles. The van der Waals surface area contributed by atoms with Crippen molar-refractivity contribution in [1.29, 1.82) is 0 Å². The zero-order valence-corrected chi connectivity index (χ0v) is 39.1. The van der Waals surface area contributed by atoms with Gasteiger partial charge in [0.25, 0.3) is 0 Å². The van der Waals surface area contributed by atoms with Gasteiger partial charge in [-0.25, -0.2) is 0 Å². The van der Waals surface area contributed by atoms with Gasteiger partial charge in [-0.15, -0.1) is 0 Å². The van der Waals surface area contributed by atoms with Crippen LogP contribution in [0.1, 0.15) is 232 Å². The van der Waals surface area contributed by atoms with Crippen molar-refractivity contribution in [2.45, 2.75) is 275 Å². The lowest BCUT2D eigenvalue weighted by Crippen LogP contribution is -2.60. The maximum atomic E-state index is 12.9. The summed E-state index contributed by atoms with van der Waals surface area (Å²) in [6.45, 7) is 4.24. The molecule has 0 aromatic rings. The van der Waals surface area contributed by atoms with Crippen molar-refractivity contribution in [3.63, 3.8) is 0 Å². The number of hydrogen-bond donors (Lipinski definition) is 6. The Balaban J connectivity index is 2.15.